The molecule has 1 saturated heterocycles. The molecule has 0 N–H and O–H groups in total. The van der Waals surface area contributed by atoms with Gasteiger partial charge >= 0.3 is 0 Å². The molecular weight excluding hydrogens is 283 g/mol. The second-order valence-electron chi connectivity index (χ2n) is 5.04. The number of carbonyl (C=O) groups excluding carboxylic acids is 1. The fraction of sp³-hybridized carbons (Fsp3) is 0.571. The molecule has 1 aromatic heterocycles. The lowest BCUT2D eigenvalue weighted by atomic mass is 9.93. The van der Waals surface area contributed by atoms with Crippen molar-refractivity contribution in [2.24, 2.45) is 5.92 Å². The highest BCUT2D eigenvalue weighted by molar-refractivity contribution is 6.41. The molecule has 104 valence electrons. The van der Waals surface area contributed by atoms with Crippen LogP contribution in [0.1, 0.15) is 43.0 Å². The van der Waals surface area contributed by atoms with Crippen LogP contribution in [0.15, 0.2) is 12.3 Å². The minimum Gasteiger partial charge on any atom is -0.338 e. The number of nitrogens with zero attached hydrogens (tertiary/aromatic N) is 2. The summed E-state index contributed by atoms with van der Waals surface area (Å²) >= 11 is 11.7. The Hall–Kier alpha value is -0.800. The second-order valence-corrected chi connectivity index (χ2v) is 5.81. The van der Waals surface area contributed by atoms with Gasteiger partial charge in [-0.2, -0.15) is 0 Å². The molecule has 0 spiro atoms. The normalized spacial score (nSPS) is 19.5. The number of hydrogen-bond acceptors (Lipinski definition) is 2. The first-order valence-corrected chi connectivity index (χ1v) is 7.47. The van der Waals surface area contributed by atoms with Crippen molar-refractivity contribution in [2.45, 2.75) is 32.6 Å². The van der Waals surface area contributed by atoms with E-state index >= 15 is 0 Å². The minimum atomic E-state index is 0.00636. The van der Waals surface area contributed by atoms with Gasteiger partial charge in [0.1, 0.15) is 5.15 Å². The van der Waals surface area contributed by atoms with Crippen molar-refractivity contribution >= 4 is 29.1 Å². The molecule has 1 aliphatic rings. The zero-order chi connectivity index (χ0) is 13.8. The number of piperidine rings is 1. The summed E-state index contributed by atoms with van der Waals surface area (Å²) in [5.74, 6) is 0.630. The smallest absolute Gasteiger partial charge is 0.255 e. The van der Waals surface area contributed by atoms with E-state index in [4.69, 9.17) is 23.2 Å². The van der Waals surface area contributed by atoms with Crippen LogP contribution >= 0.6 is 23.2 Å². The minimum absolute atomic E-state index is 0.00636. The number of amides is 1. The number of aromatic nitrogens is 1. The van der Waals surface area contributed by atoms with Gasteiger partial charge in [-0.25, -0.2) is 4.98 Å². The van der Waals surface area contributed by atoms with Crippen molar-refractivity contribution in [1.29, 1.82) is 0 Å². The third-order valence-corrected chi connectivity index (χ3v) is 4.23. The van der Waals surface area contributed by atoms with Gasteiger partial charge in [0.15, 0.2) is 0 Å². The SMILES string of the molecule is CCCC1CCCN(C(=O)c2cnc(Cl)c(Cl)c2)C1. The van der Waals surface area contributed by atoms with Crippen molar-refractivity contribution in [3.05, 3.63) is 28.0 Å². The third kappa shape index (κ3) is 3.61. The summed E-state index contributed by atoms with van der Waals surface area (Å²) in [6, 6.07) is 1.60. The summed E-state index contributed by atoms with van der Waals surface area (Å²) in [6.45, 7) is 3.84. The van der Waals surface area contributed by atoms with Crippen molar-refractivity contribution in [3.8, 4) is 0 Å². The standard InChI is InChI=1S/C14H18Cl2N2O/c1-2-4-10-5-3-6-18(9-10)14(19)11-7-12(15)13(16)17-8-11/h7-8,10H,2-6,9H2,1H3. The molecule has 3 nitrogen and oxygen atoms in total. The topological polar surface area (TPSA) is 33.2 Å². The summed E-state index contributed by atoms with van der Waals surface area (Å²) < 4.78 is 0. The van der Waals surface area contributed by atoms with Crippen LogP contribution in [0.5, 0.6) is 0 Å². The fourth-order valence-corrected chi connectivity index (χ4v) is 2.88. The third-order valence-electron chi connectivity index (χ3n) is 3.55. The van der Waals surface area contributed by atoms with Crippen molar-refractivity contribution in [1.82, 2.24) is 9.88 Å². The van der Waals surface area contributed by atoms with Crippen LogP contribution in [0.3, 0.4) is 0 Å². The lowest BCUT2D eigenvalue weighted by Gasteiger charge is -2.32. The zero-order valence-corrected chi connectivity index (χ0v) is 12.5. The largest absolute Gasteiger partial charge is 0.338 e. The summed E-state index contributed by atoms with van der Waals surface area (Å²) in [4.78, 5) is 18.2. The highest BCUT2D eigenvalue weighted by Crippen LogP contribution is 2.24. The average Bonchev–Trinajstić information content (AvgIpc) is 2.42. The molecule has 0 saturated carbocycles. The second kappa shape index (κ2) is 6.58. The van der Waals surface area contributed by atoms with Crippen LogP contribution in [0.4, 0.5) is 0 Å². The maximum absolute atomic E-state index is 12.4. The van der Waals surface area contributed by atoms with Gasteiger partial charge in [0.25, 0.3) is 5.91 Å². The highest BCUT2D eigenvalue weighted by atomic mass is 35.5. The van der Waals surface area contributed by atoms with E-state index in [1.807, 2.05) is 4.90 Å². The summed E-state index contributed by atoms with van der Waals surface area (Å²) in [6.07, 6.45) is 6.15. The van der Waals surface area contributed by atoms with Crippen molar-refractivity contribution in [2.75, 3.05) is 13.1 Å². The number of pyridine rings is 1. The Morgan fingerprint density at radius 3 is 3.00 bits per heavy atom. The Balaban J connectivity index is 2.08. The summed E-state index contributed by atoms with van der Waals surface area (Å²) in [5, 5.41) is 0.565. The van der Waals surface area contributed by atoms with Crippen LogP contribution < -0.4 is 0 Å². The van der Waals surface area contributed by atoms with Crippen molar-refractivity contribution in [3.63, 3.8) is 0 Å². The molecule has 1 amide bonds. The highest BCUT2D eigenvalue weighted by Gasteiger charge is 2.24. The first-order valence-electron chi connectivity index (χ1n) is 6.72. The molecule has 0 aromatic carbocycles. The van der Waals surface area contributed by atoms with Gasteiger partial charge in [-0.3, -0.25) is 4.79 Å². The van der Waals surface area contributed by atoms with Gasteiger partial charge < -0.3 is 4.90 Å². The molecule has 0 aliphatic carbocycles. The van der Waals surface area contributed by atoms with Crippen LogP contribution in [0.2, 0.25) is 10.2 Å². The molecule has 1 aromatic rings. The number of carbonyl (C=O) groups is 1. The van der Waals surface area contributed by atoms with E-state index in [0.717, 1.165) is 19.5 Å². The zero-order valence-electron chi connectivity index (χ0n) is 11.0. The Morgan fingerprint density at radius 2 is 2.32 bits per heavy atom. The number of rotatable bonds is 3. The fourth-order valence-electron chi connectivity index (χ4n) is 2.61. The molecule has 0 radical (unpaired) electrons. The van der Waals surface area contributed by atoms with Gasteiger partial charge in [0.05, 0.1) is 10.6 Å². The van der Waals surface area contributed by atoms with Gasteiger partial charge in [-0.15, -0.1) is 0 Å². The lowest BCUT2D eigenvalue weighted by molar-refractivity contribution is 0.0667. The Labute approximate surface area is 123 Å². The van der Waals surface area contributed by atoms with E-state index in [-0.39, 0.29) is 11.1 Å². The van der Waals surface area contributed by atoms with E-state index in [0.29, 0.717) is 16.5 Å². The number of hydrogen-bond donors (Lipinski definition) is 0. The van der Waals surface area contributed by atoms with Crippen molar-refractivity contribution < 1.29 is 4.79 Å². The average molecular weight is 301 g/mol. The van der Waals surface area contributed by atoms with Gasteiger partial charge in [0.2, 0.25) is 0 Å². The molecule has 1 unspecified atom stereocenters. The predicted molar refractivity (Wildman–Crippen MR) is 77.8 cm³/mol. The first kappa shape index (κ1) is 14.6. The summed E-state index contributed by atoms with van der Waals surface area (Å²) in [5.41, 5.74) is 0.520. The number of halogens is 2. The molecule has 2 heterocycles. The predicted octanol–water partition coefficient (Wildman–Crippen LogP) is 4.04. The van der Waals surface area contributed by atoms with Crippen LogP contribution in [-0.4, -0.2) is 28.9 Å². The van der Waals surface area contributed by atoms with Crippen LogP contribution in [-0.2, 0) is 0 Å². The molecular formula is C14H18Cl2N2O. The van der Waals surface area contributed by atoms with Gasteiger partial charge in [0, 0.05) is 19.3 Å². The van der Waals surface area contributed by atoms with E-state index < -0.39 is 0 Å². The molecule has 1 fully saturated rings. The van der Waals surface area contributed by atoms with E-state index in [9.17, 15) is 4.79 Å². The van der Waals surface area contributed by atoms with E-state index in [1.165, 1.54) is 25.5 Å². The number of likely N-dealkylation sites (tertiary alicyclic amines) is 1. The maximum atomic E-state index is 12.4. The molecule has 19 heavy (non-hydrogen) atoms. The molecule has 1 aliphatic heterocycles. The summed E-state index contributed by atoms with van der Waals surface area (Å²) in [7, 11) is 0. The first-order chi connectivity index (χ1) is 9.11. The molecule has 2 rings (SSSR count). The molecule has 5 heteroatoms. The lowest BCUT2D eigenvalue weighted by Crippen LogP contribution is -2.39. The maximum Gasteiger partial charge on any atom is 0.255 e. The molecule has 0 bridgehead atoms. The Morgan fingerprint density at radius 1 is 1.53 bits per heavy atom. The van der Waals surface area contributed by atoms with Gasteiger partial charge in [-0.1, -0.05) is 36.5 Å². The van der Waals surface area contributed by atoms with Crippen LogP contribution in [0, 0.1) is 5.92 Å². The quantitative estimate of drug-likeness (QED) is 0.789. The molecule has 1 atom stereocenters. The van der Waals surface area contributed by atoms with E-state index in [2.05, 4.69) is 11.9 Å². The Kier molecular flexibility index (Phi) is 5.06. The van der Waals surface area contributed by atoms with Crippen LogP contribution in [0.25, 0.3) is 0 Å². The van der Waals surface area contributed by atoms with E-state index in [1.54, 1.807) is 6.07 Å². The Bertz CT molecular complexity index is 463. The monoisotopic (exact) mass is 300 g/mol. The van der Waals surface area contributed by atoms with Gasteiger partial charge in [-0.05, 0) is 31.2 Å².